The van der Waals surface area contributed by atoms with Crippen LogP contribution in [0.5, 0.6) is 0 Å². The number of alkyl carbamates (subject to hydrolysis) is 1. The number of aliphatic hydroxyl groups excluding tert-OH is 1. The summed E-state index contributed by atoms with van der Waals surface area (Å²) >= 11 is 0. The monoisotopic (exact) mass is 381 g/mol. The van der Waals surface area contributed by atoms with Crippen LogP contribution in [0, 0.1) is 0 Å². The SMILES string of the molecule is COC(=O)[C@H](CCC(O)N(C)CCc1ccncc1)NC(=O)OC(C)(C)C. The molecule has 0 aliphatic heterocycles. The van der Waals surface area contributed by atoms with E-state index in [2.05, 4.69) is 10.3 Å². The first-order valence-corrected chi connectivity index (χ1v) is 8.97. The van der Waals surface area contributed by atoms with Gasteiger partial charge >= 0.3 is 12.1 Å². The molecule has 1 aromatic heterocycles. The lowest BCUT2D eigenvalue weighted by Gasteiger charge is -2.26. The molecule has 2 N–H and O–H groups in total. The lowest BCUT2D eigenvalue weighted by Crippen LogP contribution is -2.45. The lowest BCUT2D eigenvalue weighted by molar-refractivity contribution is -0.143. The van der Waals surface area contributed by atoms with Crippen molar-refractivity contribution in [1.82, 2.24) is 15.2 Å². The second kappa shape index (κ2) is 10.8. The van der Waals surface area contributed by atoms with Crippen LogP contribution in [0.2, 0.25) is 0 Å². The number of likely N-dealkylation sites (N-methyl/N-ethyl adjacent to an activating group) is 1. The van der Waals surface area contributed by atoms with Crippen LogP contribution in [-0.4, -0.2) is 65.6 Å². The molecule has 8 heteroatoms. The Kier molecular flexibility index (Phi) is 9.17. The van der Waals surface area contributed by atoms with Gasteiger partial charge < -0.3 is 19.9 Å². The second-order valence-electron chi connectivity index (χ2n) is 7.37. The molecule has 0 aliphatic carbocycles. The van der Waals surface area contributed by atoms with Crippen LogP contribution in [-0.2, 0) is 20.7 Å². The van der Waals surface area contributed by atoms with Crippen LogP contribution in [0.1, 0.15) is 39.2 Å². The molecule has 0 saturated carbocycles. The van der Waals surface area contributed by atoms with Crippen LogP contribution in [0.3, 0.4) is 0 Å². The van der Waals surface area contributed by atoms with Crippen LogP contribution in [0.25, 0.3) is 0 Å². The number of nitrogens with zero attached hydrogens (tertiary/aromatic N) is 2. The van der Waals surface area contributed by atoms with Gasteiger partial charge in [-0.25, -0.2) is 9.59 Å². The number of carbonyl (C=O) groups excluding carboxylic acids is 2. The molecule has 0 fully saturated rings. The number of ether oxygens (including phenoxy) is 2. The number of rotatable bonds is 9. The first-order chi connectivity index (χ1) is 12.6. The van der Waals surface area contributed by atoms with E-state index < -0.39 is 29.9 Å². The molecule has 0 aromatic carbocycles. The zero-order chi connectivity index (χ0) is 20.4. The van der Waals surface area contributed by atoms with Crippen molar-refractivity contribution in [3.63, 3.8) is 0 Å². The number of pyridine rings is 1. The van der Waals surface area contributed by atoms with Crippen molar-refractivity contribution in [2.24, 2.45) is 0 Å². The van der Waals surface area contributed by atoms with Crippen molar-refractivity contribution >= 4 is 12.1 Å². The van der Waals surface area contributed by atoms with E-state index in [4.69, 9.17) is 9.47 Å². The van der Waals surface area contributed by atoms with Gasteiger partial charge in [0.1, 0.15) is 17.9 Å². The van der Waals surface area contributed by atoms with Crippen LogP contribution >= 0.6 is 0 Å². The Morgan fingerprint density at radius 1 is 1.26 bits per heavy atom. The summed E-state index contributed by atoms with van der Waals surface area (Å²) in [5, 5.41) is 12.8. The molecule has 1 unspecified atom stereocenters. The highest BCUT2D eigenvalue weighted by Crippen LogP contribution is 2.11. The zero-order valence-electron chi connectivity index (χ0n) is 16.8. The van der Waals surface area contributed by atoms with E-state index in [-0.39, 0.29) is 6.42 Å². The molecule has 1 amide bonds. The molecule has 152 valence electrons. The topological polar surface area (TPSA) is 101 Å². The van der Waals surface area contributed by atoms with E-state index in [0.29, 0.717) is 13.0 Å². The quantitative estimate of drug-likeness (QED) is 0.496. The minimum absolute atomic E-state index is 0.229. The second-order valence-corrected chi connectivity index (χ2v) is 7.37. The van der Waals surface area contributed by atoms with E-state index in [1.165, 1.54) is 7.11 Å². The number of carbonyl (C=O) groups is 2. The average molecular weight is 381 g/mol. The molecule has 0 spiro atoms. The fourth-order valence-corrected chi connectivity index (χ4v) is 2.38. The minimum atomic E-state index is -0.881. The molecular weight excluding hydrogens is 350 g/mol. The molecule has 0 saturated heterocycles. The summed E-state index contributed by atoms with van der Waals surface area (Å²) in [6, 6.07) is 2.98. The summed E-state index contributed by atoms with van der Waals surface area (Å²) in [6.07, 6.45) is 3.31. The minimum Gasteiger partial charge on any atom is -0.467 e. The van der Waals surface area contributed by atoms with Gasteiger partial charge in [0.15, 0.2) is 0 Å². The first-order valence-electron chi connectivity index (χ1n) is 8.97. The van der Waals surface area contributed by atoms with Crippen molar-refractivity contribution in [2.75, 3.05) is 20.7 Å². The largest absolute Gasteiger partial charge is 0.467 e. The summed E-state index contributed by atoms with van der Waals surface area (Å²) in [5.74, 6) is -0.576. The maximum Gasteiger partial charge on any atom is 0.408 e. The number of nitrogens with one attached hydrogen (secondary N) is 1. The van der Waals surface area contributed by atoms with E-state index in [0.717, 1.165) is 12.0 Å². The third kappa shape index (κ3) is 9.35. The van der Waals surface area contributed by atoms with Gasteiger partial charge in [0, 0.05) is 18.9 Å². The van der Waals surface area contributed by atoms with Gasteiger partial charge in [-0.05, 0) is 64.8 Å². The lowest BCUT2D eigenvalue weighted by atomic mass is 10.1. The Labute approximate surface area is 160 Å². The van der Waals surface area contributed by atoms with Crippen molar-refractivity contribution in [3.05, 3.63) is 30.1 Å². The number of amides is 1. The molecule has 1 aromatic rings. The highest BCUT2D eigenvalue weighted by molar-refractivity contribution is 5.81. The van der Waals surface area contributed by atoms with Crippen LogP contribution < -0.4 is 5.32 Å². The van der Waals surface area contributed by atoms with E-state index in [1.54, 1.807) is 45.1 Å². The zero-order valence-corrected chi connectivity index (χ0v) is 16.8. The maximum atomic E-state index is 11.9. The van der Waals surface area contributed by atoms with E-state index in [1.807, 2.05) is 12.1 Å². The highest BCUT2D eigenvalue weighted by atomic mass is 16.6. The normalized spacial score (nSPS) is 13.7. The molecule has 1 rings (SSSR count). The number of hydrogen-bond acceptors (Lipinski definition) is 7. The van der Waals surface area contributed by atoms with E-state index in [9.17, 15) is 14.7 Å². The fourth-order valence-electron chi connectivity index (χ4n) is 2.38. The Balaban J connectivity index is 2.50. The predicted octanol–water partition coefficient (Wildman–Crippen LogP) is 1.72. The molecule has 27 heavy (non-hydrogen) atoms. The number of methoxy groups -OCH3 is 1. The first kappa shape index (κ1) is 22.9. The Bertz CT molecular complexity index is 589. The predicted molar refractivity (Wildman–Crippen MR) is 101 cm³/mol. The molecule has 8 nitrogen and oxygen atoms in total. The molecule has 1 heterocycles. The van der Waals surface area contributed by atoms with Crippen molar-refractivity contribution in [3.8, 4) is 0 Å². The summed E-state index contributed by atoms with van der Waals surface area (Å²) < 4.78 is 9.90. The van der Waals surface area contributed by atoms with Crippen molar-refractivity contribution in [2.45, 2.75) is 57.9 Å². The van der Waals surface area contributed by atoms with Gasteiger partial charge in [-0.3, -0.25) is 9.88 Å². The number of hydrogen-bond donors (Lipinski definition) is 2. The van der Waals surface area contributed by atoms with Crippen LogP contribution in [0.15, 0.2) is 24.5 Å². The summed E-state index contributed by atoms with van der Waals surface area (Å²) in [6.45, 7) is 5.86. The average Bonchev–Trinajstić information content (AvgIpc) is 2.61. The Morgan fingerprint density at radius 3 is 2.44 bits per heavy atom. The van der Waals surface area contributed by atoms with E-state index >= 15 is 0 Å². The molecule has 0 radical (unpaired) electrons. The summed E-state index contributed by atoms with van der Waals surface area (Å²) in [4.78, 5) is 29.6. The molecule has 0 aliphatic rings. The maximum absolute atomic E-state index is 11.9. The molecular formula is C19H31N3O5. The standard InChI is InChI=1S/C19H31N3O5/c1-19(2,3)27-18(25)21-15(17(24)26-5)6-7-16(23)22(4)13-10-14-8-11-20-12-9-14/h8-9,11-12,15-16,23H,6-7,10,13H2,1-5H3,(H,21,25)/t15-,16?/m0/s1. The molecule has 2 atom stereocenters. The summed E-state index contributed by atoms with van der Waals surface area (Å²) in [7, 11) is 3.06. The number of aliphatic hydroxyl groups is 1. The Hall–Kier alpha value is -2.19. The van der Waals surface area contributed by atoms with Gasteiger partial charge in [-0.1, -0.05) is 0 Å². The highest BCUT2D eigenvalue weighted by Gasteiger charge is 2.26. The van der Waals surface area contributed by atoms with Crippen LogP contribution in [0.4, 0.5) is 4.79 Å². The van der Waals surface area contributed by atoms with Gasteiger partial charge in [0.25, 0.3) is 0 Å². The van der Waals surface area contributed by atoms with Gasteiger partial charge in [-0.15, -0.1) is 0 Å². The third-order valence-electron chi connectivity index (χ3n) is 3.90. The number of aromatic nitrogens is 1. The van der Waals surface area contributed by atoms with Gasteiger partial charge in [0.05, 0.1) is 7.11 Å². The van der Waals surface area contributed by atoms with Gasteiger partial charge in [-0.2, -0.15) is 0 Å². The van der Waals surface area contributed by atoms with Crippen molar-refractivity contribution in [1.29, 1.82) is 0 Å². The summed E-state index contributed by atoms with van der Waals surface area (Å²) in [5.41, 5.74) is 0.459. The van der Waals surface area contributed by atoms with Gasteiger partial charge in [0.2, 0.25) is 0 Å². The van der Waals surface area contributed by atoms with Crippen molar-refractivity contribution < 1.29 is 24.2 Å². The smallest absolute Gasteiger partial charge is 0.408 e. The molecule has 0 bridgehead atoms. The fraction of sp³-hybridized carbons (Fsp3) is 0.632. The Morgan fingerprint density at radius 2 is 1.89 bits per heavy atom. The third-order valence-corrected chi connectivity index (χ3v) is 3.90. The number of esters is 1.